The SMILES string of the molecule is ClCCc1cn(-c2ccc3cc(Br)ccc3c2)nn1. The van der Waals surface area contributed by atoms with Crippen molar-refractivity contribution in [3.63, 3.8) is 0 Å². The highest BCUT2D eigenvalue weighted by molar-refractivity contribution is 9.10. The van der Waals surface area contributed by atoms with Gasteiger partial charge in [-0.05, 0) is 35.0 Å². The van der Waals surface area contributed by atoms with Crippen molar-refractivity contribution in [1.29, 1.82) is 0 Å². The average molecular weight is 337 g/mol. The Hall–Kier alpha value is -1.39. The molecule has 96 valence electrons. The molecule has 0 N–H and O–H groups in total. The maximum Gasteiger partial charge on any atom is 0.0843 e. The highest BCUT2D eigenvalue weighted by atomic mass is 79.9. The number of halogens is 2. The van der Waals surface area contributed by atoms with Crippen LogP contribution in [0.25, 0.3) is 16.5 Å². The number of benzene rings is 2. The molecule has 0 aliphatic heterocycles. The van der Waals surface area contributed by atoms with Crippen molar-refractivity contribution in [2.75, 3.05) is 5.88 Å². The van der Waals surface area contributed by atoms with Gasteiger partial charge in [0.1, 0.15) is 0 Å². The van der Waals surface area contributed by atoms with Crippen molar-refractivity contribution >= 4 is 38.3 Å². The van der Waals surface area contributed by atoms with E-state index in [4.69, 9.17) is 11.6 Å². The van der Waals surface area contributed by atoms with Crippen LogP contribution < -0.4 is 0 Å². The summed E-state index contributed by atoms with van der Waals surface area (Å²) in [5.74, 6) is 0.560. The largest absolute Gasteiger partial charge is 0.220 e. The van der Waals surface area contributed by atoms with Crippen LogP contribution in [0.5, 0.6) is 0 Å². The van der Waals surface area contributed by atoms with Crippen LogP contribution in [-0.4, -0.2) is 20.9 Å². The normalized spacial score (nSPS) is 11.1. The molecule has 5 heteroatoms. The molecule has 0 aliphatic rings. The lowest BCUT2D eigenvalue weighted by Crippen LogP contribution is -1.94. The fourth-order valence-corrected chi connectivity index (χ4v) is 2.55. The van der Waals surface area contributed by atoms with Gasteiger partial charge in [-0.3, -0.25) is 0 Å². The van der Waals surface area contributed by atoms with E-state index in [-0.39, 0.29) is 0 Å². The third-order valence-electron chi connectivity index (χ3n) is 2.94. The van der Waals surface area contributed by atoms with Gasteiger partial charge in [-0.1, -0.05) is 33.3 Å². The summed E-state index contributed by atoms with van der Waals surface area (Å²) >= 11 is 9.18. The van der Waals surface area contributed by atoms with Gasteiger partial charge in [0.05, 0.1) is 17.6 Å². The second kappa shape index (κ2) is 5.31. The first kappa shape index (κ1) is 12.6. The Bertz CT molecular complexity index is 724. The minimum Gasteiger partial charge on any atom is -0.220 e. The third-order valence-corrected chi connectivity index (χ3v) is 3.62. The number of aromatic nitrogens is 3. The Labute approximate surface area is 124 Å². The molecule has 1 heterocycles. The van der Waals surface area contributed by atoms with Gasteiger partial charge in [0.25, 0.3) is 0 Å². The van der Waals surface area contributed by atoms with Gasteiger partial charge < -0.3 is 0 Å². The van der Waals surface area contributed by atoms with E-state index in [1.807, 2.05) is 18.3 Å². The summed E-state index contributed by atoms with van der Waals surface area (Å²) in [6, 6.07) is 12.4. The van der Waals surface area contributed by atoms with Crippen molar-refractivity contribution in [1.82, 2.24) is 15.0 Å². The maximum atomic E-state index is 5.70. The minimum atomic E-state index is 0.560. The molecule has 0 amide bonds. The number of nitrogens with zero attached hydrogens (tertiary/aromatic N) is 3. The third kappa shape index (κ3) is 2.65. The molecule has 1 aromatic heterocycles. The van der Waals surface area contributed by atoms with Crippen LogP contribution in [0.4, 0.5) is 0 Å². The molecule has 0 unspecified atom stereocenters. The standard InChI is InChI=1S/C14H11BrClN3/c15-12-3-1-11-8-14(4-2-10(11)7-12)19-9-13(5-6-16)17-18-19/h1-4,7-9H,5-6H2. The number of aryl methyl sites for hydroxylation is 1. The first-order valence-corrected chi connectivity index (χ1v) is 7.26. The second-order valence-corrected chi connectivity index (χ2v) is 5.56. The molecule has 0 spiro atoms. The summed E-state index contributed by atoms with van der Waals surface area (Å²) in [5, 5.41) is 10.6. The molecule has 0 atom stereocenters. The maximum absolute atomic E-state index is 5.70. The first-order valence-electron chi connectivity index (χ1n) is 5.93. The molecule has 3 rings (SSSR count). The summed E-state index contributed by atoms with van der Waals surface area (Å²) in [6.45, 7) is 0. The smallest absolute Gasteiger partial charge is 0.0843 e. The fraction of sp³-hybridized carbons (Fsp3) is 0.143. The van der Waals surface area contributed by atoms with E-state index in [1.54, 1.807) is 4.68 Å². The van der Waals surface area contributed by atoms with Crippen LogP contribution in [0.2, 0.25) is 0 Å². The van der Waals surface area contributed by atoms with Crippen LogP contribution in [0, 0.1) is 0 Å². The summed E-state index contributed by atoms with van der Waals surface area (Å²) in [4.78, 5) is 0. The Morgan fingerprint density at radius 3 is 2.74 bits per heavy atom. The van der Waals surface area contributed by atoms with Crippen LogP contribution in [0.15, 0.2) is 47.1 Å². The molecule has 0 bridgehead atoms. The monoisotopic (exact) mass is 335 g/mol. The molecule has 0 aliphatic carbocycles. The summed E-state index contributed by atoms with van der Waals surface area (Å²) < 4.78 is 2.86. The van der Waals surface area contributed by atoms with E-state index < -0.39 is 0 Å². The quantitative estimate of drug-likeness (QED) is 0.678. The summed E-state index contributed by atoms with van der Waals surface area (Å²) in [5.41, 5.74) is 1.91. The van der Waals surface area contributed by atoms with Gasteiger partial charge in [-0.25, -0.2) is 4.68 Å². The molecular weight excluding hydrogens is 326 g/mol. The molecule has 3 nitrogen and oxygen atoms in total. The second-order valence-electron chi connectivity index (χ2n) is 4.27. The highest BCUT2D eigenvalue weighted by Crippen LogP contribution is 2.22. The molecule has 0 radical (unpaired) electrons. The lowest BCUT2D eigenvalue weighted by molar-refractivity contribution is 0.799. The molecule has 0 saturated carbocycles. The predicted octanol–water partition coefficient (Wildman–Crippen LogP) is 3.96. The van der Waals surface area contributed by atoms with E-state index in [1.165, 1.54) is 10.8 Å². The van der Waals surface area contributed by atoms with Crippen molar-refractivity contribution in [3.8, 4) is 5.69 Å². The molecular formula is C14H11BrClN3. The van der Waals surface area contributed by atoms with Gasteiger partial charge >= 0.3 is 0 Å². The van der Waals surface area contributed by atoms with Gasteiger partial charge in [-0.15, -0.1) is 16.7 Å². The fourth-order valence-electron chi connectivity index (χ4n) is 1.98. The molecule has 3 aromatic rings. The first-order chi connectivity index (χ1) is 9.26. The number of rotatable bonds is 3. The molecule has 0 saturated heterocycles. The number of hydrogen-bond donors (Lipinski definition) is 0. The molecule has 0 fully saturated rings. The van der Waals surface area contributed by atoms with Crippen molar-refractivity contribution in [2.45, 2.75) is 6.42 Å². The van der Waals surface area contributed by atoms with Gasteiger partial charge in [0, 0.05) is 16.8 Å². The zero-order chi connectivity index (χ0) is 13.2. The van der Waals surface area contributed by atoms with Crippen LogP contribution in [0.1, 0.15) is 5.69 Å². The topological polar surface area (TPSA) is 30.7 Å². The predicted molar refractivity (Wildman–Crippen MR) is 81.0 cm³/mol. The highest BCUT2D eigenvalue weighted by Gasteiger charge is 2.03. The lowest BCUT2D eigenvalue weighted by atomic mass is 10.1. The summed E-state index contributed by atoms with van der Waals surface area (Å²) in [6.07, 6.45) is 2.66. The molecule has 2 aromatic carbocycles. The van der Waals surface area contributed by atoms with Crippen molar-refractivity contribution in [3.05, 3.63) is 52.8 Å². The Kier molecular flexibility index (Phi) is 3.53. The van der Waals surface area contributed by atoms with Crippen LogP contribution in [-0.2, 0) is 6.42 Å². The van der Waals surface area contributed by atoms with E-state index >= 15 is 0 Å². The Morgan fingerprint density at radius 2 is 1.89 bits per heavy atom. The van der Waals surface area contributed by atoms with Crippen LogP contribution in [0.3, 0.4) is 0 Å². The minimum absolute atomic E-state index is 0.560. The Morgan fingerprint density at radius 1 is 1.11 bits per heavy atom. The van der Waals surface area contributed by atoms with E-state index in [9.17, 15) is 0 Å². The molecule has 19 heavy (non-hydrogen) atoms. The Balaban J connectivity index is 2.02. The van der Waals surface area contributed by atoms with Gasteiger partial charge in [-0.2, -0.15) is 0 Å². The number of hydrogen-bond acceptors (Lipinski definition) is 2. The number of fused-ring (bicyclic) bond motifs is 1. The summed E-state index contributed by atoms with van der Waals surface area (Å²) in [7, 11) is 0. The lowest BCUT2D eigenvalue weighted by Gasteiger charge is -2.03. The van der Waals surface area contributed by atoms with Gasteiger partial charge in [0.15, 0.2) is 0 Å². The number of alkyl halides is 1. The van der Waals surface area contributed by atoms with E-state index in [0.717, 1.165) is 22.3 Å². The van der Waals surface area contributed by atoms with Gasteiger partial charge in [0.2, 0.25) is 0 Å². The van der Waals surface area contributed by atoms with Crippen molar-refractivity contribution < 1.29 is 0 Å². The van der Waals surface area contributed by atoms with E-state index in [0.29, 0.717) is 5.88 Å². The van der Waals surface area contributed by atoms with Crippen molar-refractivity contribution in [2.24, 2.45) is 0 Å². The average Bonchev–Trinajstić information content (AvgIpc) is 2.87. The zero-order valence-electron chi connectivity index (χ0n) is 10.1. The van der Waals surface area contributed by atoms with Crippen LogP contribution >= 0.6 is 27.5 Å². The van der Waals surface area contributed by atoms with E-state index in [2.05, 4.69) is 50.5 Å². The zero-order valence-corrected chi connectivity index (χ0v) is 12.4.